The Kier molecular flexibility index (Phi) is 137. The Morgan fingerprint density at radius 3 is 0.833 bits per heavy atom. The minimum absolute atomic E-state index is 0. The predicted octanol–water partition coefficient (Wildman–Crippen LogP) is -7.22. The first-order valence-electron chi connectivity index (χ1n) is 1.07. The third kappa shape index (κ3) is 46.8. The molecule has 10 heteroatoms. The molecule has 0 aliphatic rings. The van der Waals surface area contributed by atoms with E-state index in [-0.39, 0.29) is 73.2 Å². The molecule has 0 radical (unpaired) electrons. The zero-order valence-electron chi connectivity index (χ0n) is 5.92. The summed E-state index contributed by atoms with van der Waals surface area (Å²) in [5.74, 6) is -4.37. The summed E-state index contributed by atoms with van der Waals surface area (Å²) in [5, 5.41) is 17.9. The van der Waals surface area contributed by atoms with Crippen molar-refractivity contribution >= 4 is 11.9 Å². The second-order valence-electron chi connectivity index (χ2n) is 0.575. The van der Waals surface area contributed by atoms with Crippen molar-refractivity contribution in [3.63, 3.8) is 0 Å². The molecule has 0 spiro atoms. The molecule has 8 nitrogen and oxygen atoms in total. The van der Waals surface area contributed by atoms with Gasteiger partial charge < -0.3 is 41.7 Å². The van der Waals surface area contributed by atoms with Crippen LogP contribution in [0.25, 0.3) is 0 Å². The molecular weight excluding hydrogens is 223 g/mol. The van der Waals surface area contributed by atoms with Gasteiger partial charge in [-0.1, -0.05) is 0 Å². The minimum Gasteiger partial charge on any atom is -0.870 e. The van der Waals surface area contributed by atoms with Crippen LogP contribution in [0.3, 0.4) is 0 Å². The topological polar surface area (TPSA) is 200 Å². The number of hydrogen-bond acceptors (Lipinski definition) is 8. The standard InChI is InChI=1S/C2H2O4.Na.4H2O.Ti/c3-1(4)2(5)6;;;;;;/h(H,3,4)(H,5,6);;4*1H2;/q;+1;;;;;/p-6. The van der Waals surface area contributed by atoms with Gasteiger partial charge in [0.15, 0.2) is 0 Å². The molecule has 0 aromatic rings. The minimum atomic E-state index is -2.19. The Hall–Kier alpha value is 0.494. The Balaban J connectivity index is -0.00000000833. The average molecular weight is 227 g/mol. The first-order chi connectivity index (χ1) is 2.64. The number of hydrogen-bond donors (Lipinski definition) is 0. The third-order valence-corrected chi connectivity index (χ3v) is 0.167. The van der Waals surface area contributed by atoms with Crippen molar-refractivity contribution in [3.05, 3.63) is 0 Å². The molecule has 0 aromatic carbocycles. The van der Waals surface area contributed by atoms with Gasteiger partial charge in [-0.3, -0.25) is 0 Å². The number of carboxylic acid groups (broad SMARTS) is 2. The van der Waals surface area contributed by atoms with Gasteiger partial charge in [-0.25, -0.2) is 0 Å². The van der Waals surface area contributed by atoms with E-state index in [0.29, 0.717) is 0 Å². The fourth-order valence-corrected chi connectivity index (χ4v) is 0. The Bertz CT molecular complexity index is 83.1. The van der Waals surface area contributed by atoms with E-state index in [1.165, 1.54) is 0 Å². The molecule has 0 aliphatic carbocycles. The van der Waals surface area contributed by atoms with Crippen molar-refractivity contribution in [2.24, 2.45) is 0 Å². The van der Waals surface area contributed by atoms with Crippen molar-refractivity contribution in [3.8, 4) is 0 Å². The molecule has 0 aromatic heterocycles. The molecule has 0 rings (SSSR count). The number of carbonyl (C=O) groups is 2. The first-order valence-corrected chi connectivity index (χ1v) is 1.07. The SMILES string of the molecule is O=C([O-])C(=O)[O-].[Na+].[OH-].[OH-].[OH-].[OH-].[Ti]. The van der Waals surface area contributed by atoms with Gasteiger partial charge in [0.2, 0.25) is 0 Å². The van der Waals surface area contributed by atoms with Gasteiger partial charge >= 0.3 is 29.6 Å². The Morgan fingerprint density at radius 1 is 0.750 bits per heavy atom. The van der Waals surface area contributed by atoms with Crippen LogP contribution in [0.2, 0.25) is 0 Å². The van der Waals surface area contributed by atoms with Gasteiger partial charge in [0.25, 0.3) is 0 Å². The third-order valence-electron chi connectivity index (χ3n) is 0.167. The van der Waals surface area contributed by atoms with Crippen LogP contribution in [-0.4, -0.2) is 33.8 Å². The number of carbonyl (C=O) groups excluding carboxylic acids is 2. The molecule has 0 heterocycles. The fourth-order valence-electron chi connectivity index (χ4n) is 0. The van der Waals surface area contributed by atoms with Crippen LogP contribution in [0.4, 0.5) is 0 Å². The summed E-state index contributed by atoms with van der Waals surface area (Å²) in [4.78, 5) is 17.9. The maximum atomic E-state index is 8.93. The summed E-state index contributed by atoms with van der Waals surface area (Å²) in [6, 6.07) is 0. The molecule has 0 fully saturated rings. The average Bonchev–Trinajstić information content (AvgIpc) is 1.36. The van der Waals surface area contributed by atoms with Gasteiger partial charge in [0.1, 0.15) is 0 Å². The molecule has 70 valence electrons. The van der Waals surface area contributed by atoms with E-state index in [1.807, 2.05) is 0 Å². The predicted molar refractivity (Wildman–Crippen MR) is 17.8 cm³/mol. The zero-order valence-corrected chi connectivity index (χ0v) is 9.48. The van der Waals surface area contributed by atoms with Crippen LogP contribution in [0.1, 0.15) is 0 Å². The van der Waals surface area contributed by atoms with E-state index < -0.39 is 11.9 Å². The van der Waals surface area contributed by atoms with Gasteiger partial charge in [-0.05, 0) is 0 Å². The monoisotopic (exact) mass is 227 g/mol. The molecule has 4 N–H and O–H groups in total. The molecular formula is C2H4NaO8Ti-5. The second-order valence-corrected chi connectivity index (χ2v) is 0.575. The van der Waals surface area contributed by atoms with Crippen LogP contribution in [0, 0.1) is 0 Å². The maximum absolute atomic E-state index is 8.93. The van der Waals surface area contributed by atoms with Crippen LogP contribution in [0.5, 0.6) is 0 Å². The number of aliphatic carboxylic acids is 2. The number of carboxylic acids is 2. The fraction of sp³-hybridized carbons (Fsp3) is 0. The Labute approximate surface area is 104 Å². The van der Waals surface area contributed by atoms with E-state index in [9.17, 15) is 0 Å². The largest absolute Gasteiger partial charge is 1.00 e. The molecule has 12 heavy (non-hydrogen) atoms. The molecule has 0 saturated heterocycles. The smallest absolute Gasteiger partial charge is 0.870 e. The van der Waals surface area contributed by atoms with Gasteiger partial charge in [-0.2, -0.15) is 0 Å². The Morgan fingerprint density at radius 2 is 0.833 bits per heavy atom. The number of rotatable bonds is 0. The van der Waals surface area contributed by atoms with Gasteiger partial charge in [0, 0.05) is 21.7 Å². The second kappa shape index (κ2) is 30.0. The zero-order chi connectivity index (χ0) is 5.15. The summed E-state index contributed by atoms with van der Waals surface area (Å²) in [5.41, 5.74) is 0. The van der Waals surface area contributed by atoms with Crippen molar-refractivity contribution in [2.45, 2.75) is 0 Å². The van der Waals surface area contributed by atoms with Crippen LogP contribution in [-0.2, 0) is 31.3 Å². The van der Waals surface area contributed by atoms with Crippen LogP contribution < -0.4 is 39.8 Å². The molecule has 0 aliphatic heterocycles. The van der Waals surface area contributed by atoms with E-state index in [1.54, 1.807) is 0 Å². The van der Waals surface area contributed by atoms with E-state index in [4.69, 9.17) is 19.8 Å². The van der Waals surface area contributed by atoms with E-state index in [0.717, 1.165) is 0 Å². The molecule has 0 unspecified atom stereocenters. The summed E-state index contributed by atoms with van der Waals surface area (Å²) < 4.78 is 0. The molecule has 0 bridgehead atoms. The van der Waals surface area contributed by atoms with Crippen molar-refractivity contribution in [1.82, 2.24) is 0 Å². The van der Waals surface area contributed by atoms with Crippen molar-refractivity contribution in [2.75, 3.05) is 0 Å². The van der Waals surface area contributed by atoms with Crippen LogP contribution in [0.15, 0.2) is 0 Å². The quantitative estimate of drug-likeness (QED) is 0.286. The molecule has 0 amide bonds. The normalized spacial score (nSPS) is 3.67. The van der Waals surface area contributed by atoms with E-state index in [2.05, 4.69) is 0 Å². The summed E-state index contributed by atoms with van der Waals surface area (Å²) in [6.07, 6.45) is 0. The van der Waals surface area contributed by atoms with Gasteiger partial charge in [0.05, 0.1) is 11.9 Å². The van der Waals surface area contributed by atoms with Gasteiger partial charge in [-0.15, -0.1) is 0 Å². The molecule has 0 atom stereocenters. The first kappa shape index (κ1) is 54.7. The summed E-state index contributed by atoms with van der Waals surface area (Å²) in [6.45, 7) is 0. The molecule has 0 saturated carbocycles. The van der Waals surface area contributed by atoms with Crippen molar-refractivity contribution < 1.29 is 93.0 Å². The summed E-state index contributed by atoms with van der Waals surface area (Å²) in [7, 11) is 0. The van der Waals surface area contributed by atoms with Crippen molar-refractivity contribution in [1.29, 1.82) is 0 Å². The summed E-state index contributed by atoms with van der Waals surface area (Å²) >= 11 is 0. The maximum Gasteiger partial charge on any atom is 1.00 e. The van der Waals surface area contributed by atoms with E-state index >= 15 is 0 Å². The van der Waals surface area contributed by atoms with Crippen LogP contribution >= 0.6 is 0 Å².